The normalized spacial score (nSPS) is 20.3. The standard InChI is InChI=1S/C23H35ClN6/c1-4-25-23(26-12-6-8-18-15-28-30(3)17-18)27-16-20-10-7-13-29(2)22(20)19-9-5-11-21(24)14-19/h5,9,11,14-15,17,20,22H,4,6-8,10,12-13,16H2,1-3H3,(H2,25,26,27). The van der Waals surface area contributed by atoms with E-state index in [0.29, 0.717) is 12.0 Å². The fraction of sp³-hybridized carbons (Fsp3) is 0.565. The molecule has 1 aromatic heterocycles. The second kappa shape index (κ2) is 11.4. The van der Waals surface area contributed by atoms with Gasteiger partial charge in [-0.2, -0.15) is 5.10 Å². The molecule has 1 fully saturated rings. The lowest BCUT2D eigenvalue weighted by Gasteiger charge is -2.39. The van der Waals surface area contributed by atoms with Gasteiger partial charge in [0.25, 0.3) is 0 Å². The summed E-state index contributed by atoms with van der Waals surface area (Å²) >= 11 is 6.27. The highest BCUT2D eigenvalue weighted by Crippen LogP contribution is 2.36. The van der Waals surface area contributed by atoms with Crippen LogP contribution >= 0.6 is 11.6 Å². The molecule has 0 amide bonds. The lowest BCUT2D eigenvalue weighted by molar-refractivity contribution is 0.125. The first kappa shape index (κ1) is 22.6. The van der Waals surface area contributed by atoms with Gasteiger partial charge in [0.15, 0.2) is 5.96 Å². The van der Waals surface area contributed by atoms with E-state index >= 15 is 0 Å². The average Bonchev–Trinajstić information content (AvgIpc) is 3.14. The van der Waals surface area contributed by atoms with Crippen LogP contribution < -0.4 is 10.6 Å². The van der Waals surface area contributed by atoms with Crippen molar-refractivity contribution in [2.75, 3.05) is 33.2 Å². The molecule has 3 rings (SSSR count). The summed E-state index contributed by atoms with van der Waals surface area (Å²) < 4.78 is 1.85. The largest absolute Gasteiger partial charge is 0.357 e. The number of piperidine rings is 1. The van der Waals surface area contributed by atoms with Crippen LogP contribution in [-0.4, -0.2) is 53.9 Å². The van der Waals surface area contributed by atoms with E-state index in [1.54, 1.807) is 0 Å². The van der Waals surface area contributed by atoms with Gasteiger partial charge < -0.3 is 10.6 Å². The summed E-state index contributed by atoms with van der Waals surface area (Å²) in [6, 6.07) is 8.65. The highest BCUT2D eigenvalue weighted by atomic mass is 35.5. The Morgan fingerprint density at radius 2 is 2.17 bits per heavy atom. The van der Waals surface area contributed by atoms with Crippen LogP contribution in [0.5, 0.6) is 0 Å². The maximum absolute atomic E-state index is 6.27. The summed E-state index contributed by atoms with van der Waals surface area (Å²) in [7, 11) is 4.17. The van der Waals surface area contributed by atoms with Crippen LogP contribution in [0.2, 0.25) is 5.02 Å². The van der Waals surface area contributed by atoms with E-state index in [1.165, 1.54) is 24.0 Å². The molecule has 0 spiro atoms. The Bertz CT molecular complexity index is 818. The minimum absolute atomic E-state index is 0.356. The van der Waals surface area contributed by atoms with Gasteiger partial charge in [-0.3, -0.25) is 14.6 Å². The van der Waals surface area contributed by atoms with Crippen molar-refractivity contribution >= 4 is 17.6 Å². The summed E-state index contributed by atoms with van der Waals surface area (Å²) in [5, 5.41) is 11.9. The summed E-state index contributed by atoms with van der Waals surface area (Å²) in [4.78, 5) is 7.38. The van der Waals surface area contributed by atoms with Gasteiger partial charge in [0.05, 0.1) is 6.20 Å². The molecule has 0 radical (unpaired) electrons. The number of aromatic nitrogens is 2. The van der Waals surface area contributed by atoms with E-state index < -0.39 is 0 Å². The average molecular weight is 431 g/mol. The molecule has 2 heterocycles. The summed E-state index contributed by atoms with van der Waals surface area (Å²) in [5.74, 6) is 1.38. The Morgan fingerprint density at radius 1 is 1.30 bits per heavy atom. The number of guanidine groups is 1. The molecule has 164 valence electrons. The number of likely N-dealkylation sites (tertiary alicyclic amines) is 1. The third kappa shape index (κ3) is 6.47. The van der Waals surface area contributed by atoms with Crippen molar-refractivity contribution in [1.82, 2.24) is 25.3 Å². The third-order valence-corrected chi connectivity index (χ3v) is 5.95. The Kier molecular flexibility index (Phi) is 8.58. The lowest BCUT2D eigenvalue weighted by Crippen LogP contribution is -2.40. The molecule has 2 atom stereocenters. The molecule has 1 aromatic carbocycles. The molecule has 1 aliphatic heterocycles. The number of benzene rings is 1. The van der Waals surface area contributed by atoms with Gasteiger partial charge in [-0.05, 0) is 75.4 Å². The fourth-order valence-corrected chi connectivity index (χ4v) is 4.52. The van der Waals surface area contributed by atoms with Crippen LogP contribution in [0.3, 0.4) is 0 Å². The number of hydrogen-bond acceptors (Lipinski definition) is 3. The van der Waals surface area contributed by atoms with Crippen molar-refractivity contribution in [1.29, 1.82) is 0 Å². The second-order valence-electron chi connectivity index (χ2n) is 8.15. The molecule has 7 heteroatoms. The predicted molar refractivity (Wildman–Crippen MR) is 125 cm³/mol. The minimum Gasteiger partial charge on any atom is -0.357 e. The number of nitrogens with zero attached hydrogens (tertiary/aromatic N) is 4. The van der Waals surface area contributed by atoms with E-state index in [1.807, 2.05) is 30.1 Å². The predicted octanol–water partition coefficient (Wildman–Crippen LogP) is 3.64. The number of rotatable bonds is 8. The number of hydrogen-bond donors (Lipinski definition) is 2. The summed E-state index contributed by atoms with van der Waals surface area (Å²) in [6.07, 6.45) is 8.48. The van der Waals surface area contributed by atoms with Crippen molar-refractivity contribution in [3.8, 4) is 0 Å². The molecular weight excluding hydrogens is 396 g/mol. The van der Waals surface area contributed by atoms with Crippen LogP contribution in [0.15, 0.2) is 41.7 Å². The smallest absolute Gasteiger partial charge is 0.191 e. The minimum atomic E-state index is 0.356. The van der Waals surface area contributed by atoms with Crippen molar-refractivity contribution in [3.63, 3.8) is 0 Å². The van der Waals surface area contributed by atoms with E-state index in [4.69, 9.17) is 16.6 Å². The zero-order valence-electron chi connectivity index (χ0n) is 18.4. The molecule has 2 N–H and O–H groups in total. The molecule has 1 aliphatic rings. The van der Waals surface area contributed by atoms with Crippen LogP contribution in [0, 0.1) is 5.92 Å². The van der Waals surface area contributed by atoms with Gasteiger partial charge in [0.1, 0.15) is 0 Å². The highest BCUT2D eigenvalue weighted by molar-refractivity contribution is 6.30. The van der Waals surface area contributed by atoms with Gasteiger partial charge in [0.2, 0.25) is 0 Å². The zero-order chi connectivity index (χ0) is 21.3. The molecule has 30 heavy (non-hydrogen) atoms. The SMILES string of the molecule is CCNC(=NCC1CCCN(C)C1c1cccc(Cl)c1)NCCCc1cnn(C)c1. The van der Waals surface area contributed by atoms with Crippen LogP contribution in [0.4, 0.5) is 0 Å². The molecule has 6 nitrogen and oxygen atoms in total. The maximum Gasteiger partial charge on any atom is 0.191 e. The van der Waals surface area contributed by atoms with Crippen LogP contribution in [-0.2, 0) is 13.5 Å². The maximum atomic E-state index is 6.27. The number of aliphatic imine (C=N–C) groups is 1. The Labute approximate surface area is 185 Å². The molecular formula is C23H35ClN6. The van der Waals surface area contributed by atoms with Gasteiger partial charge in [-0.1, -0.05) is 23.7 Å². The first-order valence-corrected chi connectivity index (χ1v) is 11.4. The van der Waals surface area contributed by atoms with Crippen LogP contribution in [0.1, 0.15) is 43.4 Å². The van der Waals surface area contributed by atoms with Crippen LogP contribution in [0.25, 0.3) is 0 Å². The number of nitrogens with one attached hydrogen (secondary N) is 2. The fourth-order valence-electron chi connectivity index (χ4n) is 4.32. The van der Waals surface area contributed by atoms with Crippen molar-refractivity contribution < 1.29 is 0 Å². The van der Waals surface area contributed by atoms with E-state index in [9.17, 15) is 0 Å². The van der Waals surface area contributed by atoms with Gasteiger partial charge >= 0.3 is 0 Å². The first-order valence-electron chi connectivity index (χ1n) is 11.0. The Morgan fingerprint density at radius 3 is 2.90 bits per heavy atom. The molecule has 0 bridgehead atoms. The monoisotopic (exact) mass is 430 g/mol. The number of halogens is 1. The van der Waals surface area contributed by atoms with E-state index in [0.717, 1.165) is 50.0 Å². The topological polar surface area (TPSA) is 57.5 Å². The van der Waals surface area contributed by atoms with Crippen molar-refractivity contribution in [3.05, 3.63) is 52.8 Å². The van der Waals surface area contributed by atoms with Gasteiger partial charge in [0, 0.05) is 43.9 Å². The molecule has 0 saturated carbocycles. The summed E-state index contributed by atoms with van der Waals surface area (Å²) in [5.41, 5.74) is 2.56. The second-order valence-corrected chi connectivity index (χ2v) is 8.59. The van der Waals surface area contributed by atoms with E-state index in [-0.39, 0.29) is 0 Å². The van der Waals surface area contributed by atoms with Gasteiger partial charge in [-0.15, -0.1) is 0 Å². The third-order valence-electron chi connectivity index (χ3n) is 5.72. The lowest BCUT2D eigenvalue weighted by atomic mass is 9.85. The van der Waals surface area contributed by atoms with Crippen molar-refractivity contribution in [2.45, 2.75) is 38.6 Å². The molecule has 2 unspecified atom stereocenters. The quantitative estimate of drug-likeness (QED) is 0.381. The highest BCUT2D eigenvalue weighted by Gasteiger charge is 2.30. The molecule has 0 aliphatic carbocycles. The molecule has 1 saturated heterocycles. The Balaban J connectivity index is 1.58. The van der Waals surface area contributed by atoms with E-state index in [2.05, 4.69) is 52.9 Å². The summed E-state index contributed by atoms with van der Waals surface area (Å²) in [6.45, 7) is 5.78. The molecule has 2 aromatic rings. The van der Waals surface area contributed by atoms with Crippen molar-refractivity contribution in [2.24, 2.45) is 18.0 Å². The van der Waals surface area contributed by atoms with Gasteiger partial charge in [-0.25, -0.2) is 0 Å². The zero-order valence-corrected chi connectivity index (χ0v) is 19.2. The Hall–Kier alpha value is -2.05. The number of aryl methyl sites for hydroxylation is 2. The first-order chi connectivity index (χ1) is 14.6.